The highest BCUT2D eigenvalue weighted by molar-refractivity contribution is 7.47. The summed E-state index contributed by atoms with van der Waals surface area (Å²) in [6.07, 6.45) is 35.4. The minimum absolute atomic E-state index is 0.0172. The van der Waals surface area contributed by atoms with E-state index in [0.29, 0.717) is 24.1 Å². The van der Waals surface area contributed by atoms with E-state index in [1.165, 1.54) is 83.5 Å². The van der Waals surface area contributed by atoms with Crippen molar-refractivity contribution in [3.8, 4) is 0 Å². The van der Waals surface area contributed by atoms with Gasteiger partial charge in [-0.3, -0.25) is 13.8 Å². The Morgan fingerprint density at radius 3 is 1.81 bits per heavy atom. The maximum atomic E-state index is 12.5. The number of nitrogens with zero attached hydrogens (tertiary/aromatic N) is 1. The van der Waals surface area contributed by atoms with Crippen LogP contribution in [0.25, 0.3) is 0 Å². The molecule has 0 rings (SSSR count). The number of carbonyl (C=O) groups is 1. The molecule has 9 nitrogen and oxygen atoms in total. The van der Waals surface area contributed by atoms with Crippen LogP contribution in [0.2, 0.25) is 0 Å². The number of carbonyl (C=O) groups excluding carboxylic acids is 1. The molecule has 0 aliphatic heterocycles. The number of hydrogen-bond acceptors (Lipinski definition) is 7. The van der Waals surface area contributed by atoms with Gasteiger partial charge >= 0.3 is 13.8 Å². The number of aliphatic hydroxyl groups is 1. The van der Waals surface area contributed by atoms with E-state index in [1.54, 1.807) is 0 Å². The number of allylic oxidation sites excluding steroid dienone is 3. The van der Waals surface area contributed by atoms with Gasteiger partial charge in [0.15, 0.2) is 0 Å². The molecule has 0 aromatic heterocycles. The van der Waals surface area contributed by atoms with E-state index < -0.39 is 13.9 Å². The number of quaternary nitrogens is 1. The SMILES string of the molecule is CCCCCCCCCCCCCCCC(=O)OC[C@H](COP(=O)(O)OCC[N+](C)(C)C)OCCCCCCCC/C=C\C=C\C(O)CCCCC. The Morgan fingerprint density at radius 1 is 0.673 bits per heavy atom. The maximum absolute atomic E-state index is 12.5. The van der Waals surface area contributed by atoms with Gasteiger partial charge in [0.05, 0.1) is 33.9 Å². The predicted molar refractivity (Wildman–Crippen MR) is 216 cm³/mol. The molecule has 52 heavy (non-hydrogen) atoms. The lowest BCUT2D eigenvalue weighted by atomic mass is 10.0. The molecule has 0 aliphatic rings. The summed E-state index contributed by atoms with van der Waals surface area (Å²) in [7, 11) is 1.67. The van der Waals surface area contributed by atoms with Crippen molar-refractivity contribution in [1.82, 2.24) is 0 Å². The molecule has 0 fully saturated rings. The van der Waals surface area contributed by atoms with E-state index in [9.17, 15) is 19.4 Å². The van der Waals surface area contributed by atoms with Gasteiger partial charge in [-0.05, 0) is 32.1 Å². The number of aliphatic hydroxyl groups excluding tert-OH is 1. The maximum Gasteiger partial charge on any atom is 0.472 e. The summed E-state index contributed by atoms with van der Waals surface area (Å²) in [6.45, 7) is 5.33. The van der Waals surface area contributed by atoms with Crippen molar-refractivity contribution in [3.63, 3.8) is 0 Å². The molecule has 0 saturated carbocycles. The second-order valence-corrected chi connectivity index (χ2v) is 17.0. The van der Waals surface area contributed by atoms with Crippen LogP contribution in [0.15, 0.2) is 24.3 Å². The first-order chi connectivity index (χ1) is 25.0. The highest BCUT2D eigenvalue weighted by Gasteiger charge is 2.25. The molecular formula is C42H83NO8P+. The number of rotatable bonds is 39. The third-order valence-corrected chi connectivity index (χ3v) is 10.1. The summed E-state index contributed by atoms with van der Waals surface area (Å²) >= 11 is 0. The van der Waals surface area contributed by atoms with Gasteiger partial charge in [0.2, 0.25) is 0 Å². The number of phosphoric ester groups is 1. The van der Waals surface area contributed by atoms with Gasteiger partial charge in [0.25, 0.3) is 0 Å². The van der Waals surface area contributed by atoms with Crippen LogP contribution in [0, 0.1) is 0 Å². The summed E-state index contributed by atoms with van der Waals surface area (Å²) < 4.78 is 34.9. The first-order valence-electron chi connectivity index (χ1n) is 21.2. The normalized spacial score (nSPS) is 14.7. The average molecular weight is 761 g/mol. The molecule has 3 atom stereocenters. The quantitative estimate of drug-likeness (QED) is 0.0209. The van der Waals surface area contributed by atoms with Gasteiger partial charge in [-0.1, -0.05) is 160 Å². The summed E-state index contributed by atoms with van der Waals surface area (Å²) in [5.74, 6) is -0.270. The van der Waals surface area contributed by atoms with Gasteiger partial charge in [-0.2, -0.15) is 0 Å². The van der Waals surface area contributed by atoms with Crippen LogP contribution < -0.4 is 0 Å². The fraction of sp³-hybridized carbons (Fsp3) is 0.881. The fourth-order valence-corrected chi connectivity index (χ4v) is 6.46. The number of phosphoric acid groups is 1. The zero-order valence-corrected chi connectivity index (χ0v) is 35.3. The zero-order valence-electron chi connectivity index (χ0n) is 34.4. The van der Waals surface area contributed by atoms with Crippen LogP contribution in [0.5, 0.6) is 0 Å². The molecule has 0 aromatic carbocycles. The van der Waals surface area contributed by atoms with E-state index >= 15 is 0 Å². The van der Waals surface area contributed by atoms with Crippen molar-refractivity contribution in [2.45, 2.75) is 187 Å². The highest BCUT2D eigenvalue weighted by Crippen LogP contribution is 2.43. The number of esters is 1. The second-order valence-electron chi connectivity index (χ2n) is 15.6. The Labute approximate surface area is 320 Å². The third kappa shape index (κ3) is 38.7. The van der Waals surface area contributed by atoms with Gasteiger partial charge in [0.1, 0.15) is 25.9 Å². The van der Waals surface area contributed by atoms with Crippen molar-refractivity contribution in [2.24, 2.45) is 0 Å². The van der Waals surface area contributed by atoms with Crippen LogP contribution in [-0.2, 0) is 27.9 Å². The Balaban J connectivity index is 4.30. The second kappa shape index (κ2) is 35.6. The third-order valence-electron chi connectivity index (χ3n) is 9.16. The first kappa shape index (κ1) is 50.9. The Bertz CT molecular complexity index is 907. The van der Waals surface area contributed by atoms with Crippen molar-refractivity contribution < 1.29 is 42.4 Å². The molecule has 0 aliphatic carbocycles. The van der Waals surface area contributed by atoms with Crippen LogP contribution in [0.4, 0.5) is 0 Å². The Kier molecular flexibility index (Phi) is 34.9. The van der Waals surface area contributed by atoms with E-state index in [4.69, 9.17) is 18.5 Å². The monoisotopic (exact) mass is 761 g/mol. The standard InChI is InChI=1S/C42H82NO8P/c1-6-8-10-11-12-13-14-15-16-20-23-26-30-34-42(45)49-38-41(39-51-52(46,47)50-37-35-43(3,4)5)48-36-31-27-24-21-18-17-19-22-25-29-33-40(44)32-28-9-7-2/h22,25,29,33,40-41,44H,6-21,23-24,26-28,30-32,34-39H2,1-5H3/p+1/b25-22-,33-29+/t40?,41-/m1/s1. The van der Waals surface area contributed by atoms with E-state index in [0.717, 1.165) is 70.6 Å². The van der Waals surface area contributed by atoms with Gasteiger partial charge < -0.3 is 24.0 Å². The minimum Gasteiger partial charge on any atom is -0.463 e. The lowest BCUT2D eigenvalue weighted by molar-refractivity contribution is -0.870. The van der Waals surface area contributed by atoms with E-state index in [-0.39, 0.29) is 31.9 Å². The number of hydrogen-bond donors (Lipinski definition) is 2. The van der Waals surface area contributed by atoms with Gasteiger partial charge in [-0.15, -0.1) is 0 Å². The average Bonchev–Trinajstić information content (AvgIpc) is 3.09. The van der Waals surface area contributed by atoms with Gasteiger partial charge in [0, 0.05) is 13.0 Å². The van der Waals surface area contributed by atoms with Crippen molar-refractivity contribution in [2.75, 3.05) is 54.1 Å². The number of unbranched alkanes of at least 4 members (excludes halogenated alkanes) is 20. The Hall–Kier alpha value is -1.06. The number of likely N-dealkylation sites (N-methyl/N-ethyl adjacent to an activating group) is 1. The number of ether oxygens (including phenoxy) is 2. The molecule has 0 aromatic rings. The molecular weight excluding hydrogens is 677 g/mol. The topological polar surface area (TPSA) is 112 Å². The summed E-state index contributed by atoms with van der Waals surface area (Å²) in [6, 6.07) is 0. The van der Waals surface area contributed by atoms with Crippen molar-refractivity contribution >= 4 is 13.8 Å². The van der Waals surface area contributed by atoms with Crippen LogP contribution in [0.1, 0.15) is 174 Å². The molecule has 0 bridgehead atoms. The molecule has 10 heteroatoms. The van der Waals surface area contributed by atoms with Crippen molar-refractivity contribution in [3.05, 3.63) is 24.3 Å². The summed E-state index contributed by atoms with van der Waals surface area (Å²) in [5.41, 5.74) is 0. The van der Waals surface area contributed by atoms with Crippen LogP contribution in [0.3, 0.4) is 0 Å². The lowest BCUT2D eigenvalue weighted by Gasteiger charge is -2.24. The van der Waals surface area contributed by atoms with E-state index in [2.05, 4.69) is 19.9 Å². The van der Waals surface area contributed by atoms with Crippen LogP contribution >= 0.6 is 7.82 Å². The fourth-order valence-electron chi connectivity index (χ4n) is 5.72. The lowest BCUT2D eigenvalue weighted by Crippen LogP contribution is -2.37. The van der Waals surface area contributed by atoms with E-state index in [1.807, 2.05) is 39.4 Å². The molecule has 0 spiro atoms. The summed E-state index contributed by atoms with van der Waals surface area (Å²) in [4.78, 5) is 22.6. The molecule has 0 heterocycles. The molecule has 0 radical (unpaired) electrons. The van der Waals surface area contributed by atoms with Crippen molar-refractivity contribution in [1.29, 1.82) is 0 Å². The van der Waals surface area contributed by atoms with Crippen LogP contribution in [-0.4, -0.2) is 86.8 Å². The highest BCUT2D eigenvalue weighted by atomic mass is 31.2. The largest absolute Gasteiger partial charge is 0.472 e. The summed E-state index contributed by atoms with van der Waals surface area (Å²) in [5, 5.41) is 9.93. The molecule has 0 saturated heterocycles. The predicted octanol–water partition coefficient (Wildman–Crippen LogP) is 11.0. The molecule has 0 amide bonds. The molecule has 2 unspecified atom stereocenters. The molecule has 308 valence electrons. The minimum atomic E-state index is -4.25. The Morgan fingerprint density at radius 2 is 1.21 bits per heavy atom. The van der Waals surface area contributed by atoms with Gasteiger partial charge in [-0.25, -0.2) is 4.57 Å². The smallest absolute Gasteiger partial charge is 0.463 e. The molecule has 2 N–H and O–H groups in total. The zero-order chi connectivity index (χ0) is 38.6. The first-order valence-corrected chi connectivity index (χ1v) is 22.7.